The highest BCUT2D eigenvalue weighted by Crippen LogP contribution is 2.31. The normalized spacial score (nSPS) is 14.5. The van der Waals surface area contributed by atoms with Gasteiger partial charge in [0, 0.05) is 11.8 Å². The molecule has 136 valence electrons. The molecule has 7 nitrogen and oxygen atoms in total. The molecule has 0 spiro atoms. The first-order valence-corrected chi connectivity index (χ1v) is 9.33. The van der Waals surface area contributed by atoms with Gasteiger partial charge in [0.25, 0.3) is 5.56 Å². The van der Waals surface area contributed by atoms with Gasteiger partial charge < -0.3 is 10.3 Å². The summed E-state index contributed by atoms with van der Waals surface area (Å²) in [5.74, 6) is -0.438. The van der Waals surface area contributed by atoms with Crippen LogP contribution in [0.15, 0.2) is 40.3 Å². The van der Waals surface area contributed by atoms with E-state index in [2.05, 4.69) is 15.3 Å². The fourth-order valence-corrected chi connectivity index (χ4v) is 3.68. The molecule has 8 heteroatoms. The maximum absolute atomic E-state index is 12.9. The van der Waals surface area contributed by atoms with Crippen LogP contribution in [0.3, 0.4) is 0 Å². The van der Waals surface area contributed by atoms with E-state index in [-0.39, 0.29) is 23.9 Å². The van der Waals surface area contributed by atoms with E-state index in [1.807, 2.05) is 13.0 Å². The zero-order valence-corrected chi connectivity index (χ0v) is 15.4. The Morgan fingerprint density at radius 3 is 2.88 bits per heavy atom. The Labute approximate surface area is 155 Å². The lowest BCUT2D eigenvalue weighted by molar-refractivity contribution is -0.121. The fourth-order valence-electron chi connectivity index (χ4n) is 2.79. The number of benzene rings is 1. The minimum absolute atomic E-state index is 0.0272. The molecule has 2 aromatic rings. The van der Waals surface area contributed by atoms with Crippen molar-refractivity contribution in [1.82, 2.24) is 9.97 Å². The number of carbonyl (C=O) groups is 2. The number of thioether (sulfide) groups is 1. The zero-order valence-electron chi connectivity index (χ0n) is 14.6. The molecule has 1 aliphatic heterocycles. The van der Waals surface area contributed by atoms with Crippen molar-refractivity contribution >= 4 is 35.0 Å². The number of aromatic amines is 1. The van der Waals surface area contributed by atoms with E-state index in [0.717, 1.165) is 6.42 Å². The number of aromatic nitrogens is 2. The Morgan fingerprint density at radius 2 is 2.12 bits per heavy atom. The minimum Gasteiger partial charge on any atom is -0.323 e. The second kappa shape index (κ2) is 7.74. The molecule has 0 radical (unpaired) electrons. The smallest absolute Gasteiger partial charge is 0.251 e. The number of hydrogen-bond donors (Lipinski definition) is 2. The van der Waals surface area contributed by atoms with Crippen molar-refractivity contribution in [2.24, 2.45) is 0 Å². The molecule has 26 heavy (non-hydrogen) atoms. The molecule has 2 amide bonds. The van der Waals surface area contributed by atoms with E-state index in [1.165, 1.54) is 22.7 Å². The number of nitrogens with zero attached hydrogens (tertiary/aromatic N) is 2. The largest absolute Gasteiger partial charge is 0.323 e. The first-order chi connectivity index (χ1) is 12.5. The number of H-pyrrole nitrogens is 1. The quantitative estimate of drug-likeness (QED) is 0.620. The van der Waals surface area contributed by atoms with E-state index >= 15 is 0 Å². The standard InChI is InChI=1S/C18H20N4O3S/c1-3-6-12-9-15(23)21-18(19-12)26-11(2)17(25)22-10-16(24)20-13-7-4-5-8-14(13)22/h4-5,7-9,11H,3,6,10H2,1-2H3,(H,20,24)(H,19,21,23)/t11-/m1/s1. The van der Waals surface area contributed by atoms with Gasteiger partial charge in [0.15, 0.2) is 5.16 Å². The van der Waals surface area contributed by atoms with Crippen LogP contribution in [0.4, 0.5) is 11.4 Å². The number of para-hydroxylation sites is 2. The molecule has 0 saturated carbocycles. The lowest BCUT2D eigenvalue weighted by Gasteiger charge is -2.30. The van der Waals surface area contributed by atoms with Crippen LogP contribution in [0.5, 0.6) is 0 Å². The molecule has 0 bridgehead atoms. The van der Waals surface area contributed by atoms with Crippen LogP contribution in [0.1, 0.15) is 26.0 Å². The van der Waals surface area contributed by atoms with Gasteiger partial charge in [0.05, 0.1) is 16.6 Å². The number of nitrogens with one attached hydrogen (secondary N) is 2. The van der Waals surface area contributed by atoms with Crippen molar-refractivity contribution < 1.29 is 9.59 Å². The summed E-state index contributed by atoms with van der Waals surface area (Å²) >= 11 is 1.19. The molecule has 3 rings (SSSR count). The Morgan fingerprint density at radius 1 is 1.35 bits per heavy atom. The molecule has 1 aliphatic rings. The van der Waals surface area contributed by atoms with Gasteiger partial charge in [0.2, 0.25) is 11.8 Å². The summed E-state index contributed by atoms with van der Waals surface area (Å²) in [6.07, 6.45) is 1.59. The first-order valence-electron chi connectivity index (χ1n) is 8.45. The average molecular weight is 372 g/mol. The molecule has 0 saturated heterocycles. The maximum Gasteiger partial charge on any atom is 0.251 e. The van der Waals surface area contributed by atoms with Crippen LogP contribution < -0.4 is 15.8 Å². The molecule has 1 aromatic heterocycles. The second-order valence-electron chi connectivity index (χ2n) is 6.04. The van der Waals surface area contributed by atoms with Gasteiger partial charge >= 0.3 is 0 Å². The van der Waals surface area contributed by atoms with Crippen LogP contribution in [-0.2, 0) is 16.0 Å². The van der Waals surface area contributed by atoms with Crippen LogP contribution in [0.25, 0.3) is 0 Å². The van der Waals surface area contributed by atoms with Gasteiger partial charge in [-0.2, -0.15) is 0 Å². The molecule has 1 aromatic carbocycles. The van der Waals surface area contributed by atoms with E-state index in [1.54, 1.807) is 25.1 Å². The number of anilines is 2. The zero-order chi connectivity index (χ0) is 18.7. The van der Waals surface area contributed by atoms with Gasteiger partial charge in [0.1, 0.15) is 6.54 Å². The summed E-state index contributed by atoms with van der Waals surface area (Å²) in [4.78, 5) is 45.2. The van der Waals surface area contributed by atoms with Gasteiger partial charge in [-0.3, -0.25) is 19.3 Å². The third-order valence-electron chi connectivity index (χ3n) is 3.95. The highest BCUT2D eigenvalue weighted by atomic mass is 32.2. The van der Waals surface area contributed by atoms with Crippen LogP contribution in [-0.4, -0.2) is 33.6 Å². The fraction of sp³-hybridized carbons (Fsp3) is 0.333. The molecule has 1 atom stereocenters. The Kier molecular flexibility index (Phi) is 5.41. The lowest BCUT2D eigenvalue weighted by atomic mass is 10.2. The van der Waals surface area contributed by atoms with Crippen molar-refractivity contribution in [2.45, 2.75) is 37.1 Å². The Balaban J connectivity index is 1.80. The summed E-state index contributed by atoms with van der Waals surface area (Å²) in [5.41, 5.74) is 1.77. The van der Waals surface area contributed by atoms with E-state index in [4.69, 9.17) is 0 Å². The molecule has 2 heterocycles. The first kappa shape index (κ1) is 18.2. The summed E-state index contributed by atoms with van der Waals surface area (Å²) < 4.78 is 0. The number of hydrogen-bond acceptors (Lipinski definition) is 5. The Bertz CT molecular complexity index is 896. The van der Waals surface area contributed by atoms with Crippen LogP contribution >= 0.6 is 11.8 Å². The third-order valence-corrected chi connectivity index (χ3v) is 4.92. The predicted molar refractivity (Wildman–Crippen MR) is 102 cm³/mol. The lowest BCUT2D eigenvalue weighted by Crippen LogP contribution is -2.45. The van der Waals surface area contributed by atoms with Crippen molar-refractivity contribution in [3.63, 3.8) is 0 Å². The Hall–Kier alpha value is -2.61. The summed E-state index contributed by atoms with van der Waals surface area (Å²) in [5, 5.41) is 2.67. The number of carbonyl (C=O) groups excluding carboxylic acids is 2. The van der Waals surface area contributed by atoms with Gasteiger partial charge in [-0.05, 0) is 25.5 Å². The summed E-state index contributed by atoms with van der Waals surface area (Å²) in [6, 6.07) is 8.66. The molecule has 0 unspecified atom stereocenters. The highest BCUT2D eigenvalue weighted by molar-refractivity contribution is 8.00. The van der Waals surface area contributed by atoms with Crippen molar-refractivity contribution in [3.05, 3.63) is 46.4 Å². The third kappa shape index (κ3) is 3.96. The predicted octanol–water partition coefficient (Wildman–Crippen LogP) is 2.19. The van der Waals surface area contributed by atoms with Gasteiger partial charge in [-0.25, -0.2) is 4.98 Å². The molecule has 0 aliphatic carbocycles. The summed E-state index contributed by atoms with van der Waals surface area (Å²) in [7, 11) is 0. The average Bonchev–Trinajstić information content (AvgIpc) is 2.60. The molecular weight excluding hydrogens is 352 g/mol. The van der Waals surface area contributed by atoms with E-state index in [9.17, 15) is 14.4 Å². The number of aryl methyl sites for hydroxylation is 1. The van der Waals surface area contributed by atoms with Crippen molar-refractivity contribution in [1.29, 1.82) is 0 Å². The summed E-state index contributed by atoms with van der Waals surface area (Å²) in [6.45, 7) is 3.73. The van der Waals surface area contributed by atoms with E-state index < -0.39 is 5.25 Å². The van der Waals surface area contributed by atoms with E-state index in [0.29, 0.717) is 28.6 Å². The van der Waals surface area contributed by atoms with Crippen molar-refractivity contribution in [3.8, 4) is 0 Å². The molecule has 2 N–H and O–H groups in total. The topological polar surface area (TPSA) is 95.2 Å². The van der Waals surface area contributed by atoms with Gasteiger partial charge in [-0.15, -0.1) is 0 Å². The monoisotopic (exact) mass is 372 g/mol. The SMILES string of the molecule is CCCc1cc(=O)[nH]c(S[C@H](C)C(=O)N2CC(=O)Nc3ccccc32)n1. The second-order valence-corrected chi connectivity index (χ2v) is 7.37. The molecule has 0 fully saturated rings. The maximum atomic E-state index is 12.9. The van der Waals surface area contributed by atoms with Crippen LogP contribution in [0, 0.1) is 0 Å². The molecular formula is C18H20N4O3S. The van der Waals surface area contributed by atoms with Gasteiger partial charge in [-0.1, -0.05) is 37.2 Å². The number of fused-ring (bicyclic) bond motifs is 1. The van der Waals surface area contributed by atoms with Crippen molar-refractivity contribution in [2.75, 3.05) is 16.8 Å². The minimum atomic E-state index is -0.506. The van der Waals surface area contributed by atoms with Crippen LogP contribution in [0.2, 0.25) is 0 Å². The number of amides is 2. The highest BCUT2D eigenvalue weighted by Gasteiger charge is 2.30. The number of rotatable bonds is 5.